The minimum atomic E-state index is -0.125. The fourth-order valence-corrected chi connectivity index (χ4v) is 2.19. The van der Waals surface area contributed by atoms with Crippen molar-refractivity contribution in [1.29, 1.82) is 0 Å². The summed E-state index contributed by atoms with van der Waals surface area (Å²) in [6.45, 7) is 2.13. The fourth-order valence-electron chi connectivity index (χ4n) is 2.19. The summed E-state index contributed by atoms with van der Waals surface area (Å²) in [4.78, 5) is 25.0. The van der Waals surface area contributed by atoms with Gasteiger partial charge in [-0.1, -0.05) is 6.07 Å². The molecule has 6 heteroatoms. The Morgan fingerprint density at radius 1 is 1.40 bits per heavy atom. The van der Waals surface area contributed by atoms with Crippen LogP contribution in [-0.4, -0.2) is 36.3 Å². The van der Waals surface area contributed by atoms with Crippen molar-refractivity contribution in [2.45, 2.75) is 19.3 Å². The van der Waals surface area contributed by atoms with Gasteiger partial charge < -0.3 is 16.0 Å². The summed E-state index contributed by atoms with van der Waals surface area (Å²) >= 11 is 0. The second-order valence-corrected chi connectivity index (χ2v) is 4.72. The quantitative estimate of drug-likeness (QED) is 0.638. The number of rotatable bonds is 5. The molecule has 1 aromatic carbocycles. The summed E-state index contributed by atoms with van der Waals surface area (Å²) in [5, 5.41) is 2.83. The average molecular weight is 298 g/mol. The first-order valence-corrected chi connectivity index (χ1v) is 6.58. The van der Waals surface area contributed by atoms with E-state index in [1.807, 2.05) is 4.90 Å². The van der Waals surface area contributed by atoms with Gasteiger partial charge in [0.2, 0.25) is 5.91 Å². The van der Waals surface area contributed by atoms with Crippen LogP contribution in [0.3, 0.4) is 0 Å². The molecule has 2 amide bonds. The van der Waals surface area contributed by atoms with E-state index in [0.717, 1.165) is 25.9 Å². The molecule has 1 fully saturated rings. The largest absolute Gasteiger partial charge is 0.399 e. The van der Waals surface area contributed by atoms with Gasteiger partial charge in [0, 0.05) is 37.3 Å². The number of nitrogen functional groups attached to an aromatic ring is 1. The van der Waals surface area contributed by atoms with Gasteiger partial charge in [-0.25, -0.2) is 0 Å². The van der Waals surface area contributed by atoms with Crippen LogP contribution in [-0.2, 0) is 4.79 Å². The van der Waals surface area contributed by atoms with Gasteiger partial charge in [0.15, 0.2) is 0 Å². The highest BCUT2D eigenvalue weighted by Crippen LogP contribution is 2.09. The summed E-state index contributed by atoms with van der Waals surface area (Å²) in [5.41, 5.74) is 6.77. The highest BCUT2D eigenvalue weighted by atomic mass is 35.5. The number of hydrogen-bond acceptors (Lipinski definition) is 3. The summed E-state index contributed by atoms with van der Waals surface area (Å²) in [5.74, 6) is 0.0993. The second-order valence-electron chi connectivity index (χ2n) is 4.72. The number of nitrogens with one attached hydrogen (secondary N) is 1. The topological polar surface area (TPSA) is 75.4 Å². The maximum absolute atomic E-state index is 11.8. The summed E-state index contributed by atoms with van der Waals surface area (Å²) in [6, 6.07) is 6.89. The molecule has 0 aromatic heterocycles. The van der Waals surface area contributed by atoms with Crippen molar-refractivity contribution in [1.82, 2.24) is 10.2 Å². The van der Waals surface area contributed by atoms with Crippen LogP contribution < -0.4 is 11.1 Å². The van der Waals surface area contributed by atoms with Crippen molar-refractivity contribution in [2.24, 2.45) is 0 Å². The van der Waals surface area contributed by atoms with Crippen molar-refractivity contribution in [3.63, 3.8) is 0 Å². The van der Waals surface area contributed by atoms with Gasteiger partial charge in [-0.3, -0.25) is 9.59 Å². The lowest BCUT2D eigenvalue weighted by Gasteiger charge is -2.15. The third-order valence-electron chi connectivity index (χ3n) is 3.21. The van der Waals surface area contributed by atoms with E-state index in [1.54, 1.807) is 24.3 Å². The predicted molar refractivity (Wildman–Crippen MR) is 80.9 cm³/mol. The smallest absolute Gasteiger partial charge is 0.251 e. The van der Waals surface area contributed by atoms with Gasteiger partial charge in [-0.05, 0) is 31.0 Å². The van der Waals surface area contributed by atoms with Gasteiger partial charge in [0.25, 0.3) is 5.91 Å². The number of carbonyl (C=O) groups is 2. The molecule has 1 aromatic rings. The van der Waals surface area contributed by atoms with Crippen molar-refractivity contribution in [2.75, 3.05) is 25.4 Å². The maximum Gasteiger partial charge on any atom is 0.251 e. The molecule has 3 N–H and O–H groups in total. The number of benzene rings is 1. The van der Waals surface area contributed by atoms with Crippen LogP contribution in [0.4, 0.5) is 5.69 Å². The molecule has 0 atom stereocenters. The summed E-state index contributed by atoms with van der Waals surface area (Å²) < 4.78 is 0. The van der Waals surface area contributed by atoms with Crippen LogP contribution in [0.15, 0.2) is 24.3 Å². The third-order valence-corrected chi connectivity index (χ3v) is 3.21. The van der Waals surface area contributed by atoms with E-state index in [1.165, 1.54) is 0 Å². The minimum absolute atomic E-state index is 0. The number of likely N-dealkylation sites (tertiary alicyclic amines) is 1. The van der Waals surface area contributed by atoms with E-state index in [4.69, 9.17) is 5.73 Å². The van der Waals surface area contributed by atoms with Crippen LogP contribution in [0, 0.1) is 0 Å². The average Bonchev–Trinajstić information content (AvgIpc) is 2.80. The fraction of sp³-hybridized carbons (Fsp3) is 0.429. The lowest BCUT2D eigenvalue weighted by molar-refractivity contribution is -0.127. The van der Waals surface area contributed by atoms with Crippen LogP contribution >= 0.6 is 12.4 Å². The van der Waals surface area contributed by atoms with Crippen LogP contribution in [0.25, 0.3) is 0 Å². The highest BCUT2D eigenvalue weighted by Gasteiger charge is 2.19. The first kappa shape index (κ1) is 16.3. The van der Waals surface area contributed by atoms with E-state index in [9.17, 15) is 9.59 Å². The Balaban J connectivity index is 0.00000200. The monoisotopic (exact) mass is 297 g/mol. The summed E-state index contributed by atoms with van der Waals surface area (Å²) in [6.07, 6.45) is 2.39. The molecule has 0 radical (unpaired) electrons. The molecular formula is C14H20ClN3O2. The molecule has 1 saturated heterocycles. The minimum Gasteiger partial charge on any atom is -0.399 e. The molecule has 0 bridgehead atoms. The Morgan fingerprint density at radius 3 is 2.85 bits per heavy atom. The summed E-state index contributed by atoms with van der Waals surface area (Å²) in [7, 11) is 0. The van der Waals surface area contributed by atoms with E-state index in [2.05, 4.69) is 5.32 Å². The van der Waals surface area contributed by atoms with Crippen LogP contribution in [0.2, 0.25) is 0 Å². The second kappa shape index (κ2) is 7.75. The molecule has 0 aliphatic carbocycles. The Hall–Kier alpha value is -1.75. The Morgan fingerprint density at radius 2 is 2.20 bits per heavy atom. The molecule has 0 spiro atoms. The van der Waals surface area contributed by atoms with Crippen LogP contribution in [0.1, 0.15) is 29.6 Å². The number of hydrogen-bond donors (Lipinski definition) is 2. The van der Waals surface area contributed by atoms with Gasteiger partial charge >= 0.3 is 0 Å². The van der Waals surface area contributed by atoms with Gasteiger partial charge in [0.05, 0.1) is 0 Å². The van der Waals surface area contributed by atoms with E-state index < -0.39 is 0 Å². The SMILES string of the molecule is Cl.Nc1cccc(C(=O)NCCCN2CCCC2=O)c1. The third kappa shape index (κ3) is 4.42. The first-order chi connectivity index (χ1) is 9.16. The Bertz CT molecular complexity index is 479. The standard InChI is InChI=1S/C14H19N3O2.ClH/c15-12-5-1-4-11(10-12)14(19)16-7-3-9-17-8-2-6-13(17)18;/h1,4-5,10H,2-3,6-9,15H2,(H,16,19);1H. The number of halogens is 1. The lowest BCUT2D eigenvalue weighted by atomic mass is 10.2. The molecule has 0 unspecified atom stereocenters. The van der Waals surface area contributed by atoms with Gasteiger partial charge in [-0.15, -0.1) is 12.4 Å². The molecule has 5 nitrogen and oxygen atoms in total. The van der Waals surface area contributed by atoms with Crippen molar-refractivity contribution >= 4 is 29.9 Å². The van der Waals surface area contributed by atoms with Gasteiger partial charge in [-0.2, -0.15) is 0 Å². The number of carbonyl (C=O) groups excluding carboxylic acids is 2. The molecule has 1 heterocycles. The van der Waals surface area contributed by atoms with Crippen molar-refractivity contribution in [3.8, 4) is 0 Å². The zero-order chi connectivity index (χ0) is 13.7. The number of nitrogens with zero attached hydrogens (tertiary/aromatic N) is 1. The van der Waals surface area contributed by atoms with Crippen molar-refractivity contribution < 1.29 is 9.59 Å². The molecular weight excluding hydrogens is 278 g/mol. The Labute approximate surface area is 124 Å². The molecule has 0 saturated carbocycles. The van der Waals surface area contributed by atoms with E-state index in [-0.39, 0.29) is 24.2 Å². The zero-order valence-corrected chi connectivity index (χ0v) is 12.1. The van der Waals surface area contributed by atoms with E-state index >= 15 is 0 Å². The lowest BCUT2D eigenvalue weighted by Crippen LogP contribution is -2.30. The molecule has 1 aliphatic heterocycles. The maximum atomic E-state index is 11.8. The first-order valence-electron chi connectivity index (χ1n) is 6.58. The predicted octanol–water partition coefficient (Wildman–Crippen LogP) is 1.43. The van der Waals surface area contributed by atoms with Crippen molar-refractivity contribution in [3.05, 3.63) is 29.8 Å². The number of amides is 2. The zero-order valence-electron chi connectivity index (χ0n) is 11.3. The molecule has 2 rings (SSSR count). The molecule has 20 heavy (non-hydrogen) atoms. The van der Waals surface area contributed by atoms with Crippen LogP contribution in [0.5, 0.6) is 0 Å². The molecule has 110 valence electrons. The number of anilines is 1. The normalized spacial score (nSPS) is 14.0. The van der Waals surface area contributed by atoms with Gasteiger partial charge in [0.1, 0.15) is 0 Å². The number of nitrogens with two attached hydrogens (primary N) is 1. The Kier molecular flexibility index (Phi) is 6.31. The molecule has 1 aliphatic rings. The van der Waals surface area contributed by atoms with E-state index in [0.29, 0.717) is 24.2 Å². The highest BCUT2D eigenvalue weighted by molar-refractivity contribution is 5.94.